The average molecular weight is 528 g/mol. The van der Waals surface area contributed by atoms with Crippen molar-refractivity contribution in [3.63, 3.8) is 0 Å². The molecule has 2 atom stereocenters. The number of nitrogens with zero attached hydrogens (tertiary/aromatic N) is 4. The van der Waals surface area contributed by atoms with E-state index in [-0.39, 0.29) is 33.5 Å². The number of ether oxygens (including phenoxy) is 1. The number of aryl methyl sites for hydroxylation is 1. The number of hydrogen-bond acceptors (Lipinski definition) is 9. The largest absolute Gasteiger partial charge is 0.477 e. The topological polar surface area (TPSA) is 153 Å². The fourth-order valence-electron chi connectivity index (χ4n) is 3.68. The molecule has 3 rings (SSSR count). The molecular formula is C21H30ClN7O5S. The molecule has 0 unspecified atom stereocenters. The van der Waals surface area contributed by atoms with Gasteiger partial charge in [-0.1, -0.05) is 29.9 Å². The minimum absolute atomic E-state index is 0.109. The third-order valence-electron chi connectivity index (χ3n) is 5.62. The smallest absolute Gasteiger partial charge is 0.348 e. The third kappa shape index (κ3) is 6.48. The number of rotatable bonds is 10. The number of carboxylic acid groups (broad SMARTS) is 1. The molecule has 192 valence electrons. The molecule has 0 spiro atoms. The minimum Gasteiger partial charge on any atom is -0.477 e. The van der Waals surface area contributed by atoms with Crippen molar-refractivity contribution in [1.29, 1.82) is 0 Å². The highest BCUT2D eigenvalue weighted by molar-refractivity contribution is 7.17. The molecule has 0 radical (unpaired) electrons. The van der Waals surface area contributed by atoms with E-state index in [2.05, 4.69) is 25.6 Å². The summed E-state index contributed by atoms with van der Waals surface area (Å²) in [4.78, 5) is 52.0. The highest BCUT2D eigenvalue weighted by atomic mass is 35.5. The zero-order valence-electron chi connectivity index (χ0n) is 20.1. The number of anilines is 1. The normalized spacial score (nSPS) is 18.1. The maximum absolute atomic E-state index is 12.7. The fraction of sp³-hybridized carbons (Fsp3) is 0.571. The second-order valence-corrected chi connectivity index (χ2v) is 9.67. The van der Waals surface area contributed by atoms with E-state index in [0.717, 1.165) is 11.3 Å². The Labute approximate surface area is 212 Å². The Morgan fingerprint density at radius 2 is 2.06 bits per heavy atom. The van der Waals surface area contributed by atoms with Crippen molar-refractivity contribution >= 4 is 45.9 Å². The quantitative estimate of drug-likeness (QED) is 0.355. The van der Waals surface area contributed by atoms with Crippen LogP contribution in [0.1, 0.15) is 49.8 Å². The molecular weight excluding hydrogens is 498 g/mol. The molecule has 0 bridgehead atoms. The summed E-state index contributed by atoms with van der Waals surface area (Å²) in [5.74, 6) is -1.98. The Balaban J connectivity index is 1.69. The van der Waals surface area contributed by atoms with Gasteiger partial charge < -0.3 is 35.3 Å². The molecule has 0 saturated carbocycles. The number of nitrogens with one attached hydrogen (secondary N) is 3. The van der Waals surface area contributed by atoms with Gasteiger partial charge in [0.2, 0.25) is 0 Å². The fourth-order valence-corrected chi connectivity index (χ4v) is 4.88. The van der Waals surface area contributed by atoms with Crippen LogP contribution in [0.4, 0.5) is 5.13 Å². The van der Waals surface area contributed by atoms with Gasteiger partial charge in [-0.3, -0.25) is 9.59 Å². The van der Waals surface area contributed by atoms with Gasteiger partial charge in [-0.15, -0.1) is 0 Å². The second kappa shape index (κ2) is 11.8. The predicted octanol–water partition coefficient (Wildman–Crippen LogP) is 1.10. The van der Waals surface area contributed by atoms with Gasteiger partial charge in [0.05, 0.1) is 17.8 Å². The first-order chi connectivity index (χ1) is 16.6. The van der Waals surface area contributed by atoms with Gasteiger partial charge in [0.1, 0.15) is 4.88 Å². The van der Waals surface area contributed by atoms with Crippen LogP contribution in [-0.2, 0) is 11.2 Å². The summed E-state index contributed by atoms with van der Waals surface area (Å²) in [6.45, 7) is 3.73. The molecule has 3 heterocycles. The Hall–Kier alpha value is -2.74. The molecule has 1 fully saturated rings. The first kappa shape index (κ1) is 26.9. The molecule has 14 heteroatoms. The van der Waals surface area contributed by atoms with Crippen LogP contribution in [0.2, 0.25) is 5.15 Å². The van der Waals surface area contributed by atoms with Gasteiger partial charge in [-0.05, 0) is 26.9 Å². The Kier molecular flexibility index (Phi) is 9.05. The van der Waals surface area contributed by atoms with Crippen molar-refractivity contribution in [3.8, 4) is 0 Å². The summed E-state index contributed by atoms with van der Waals surface area (Å²) in [6.07, 6.45) is 0.754. The SMILES string of the molecule is CCc1[nH]c(C(=O)N[C@H]2CCN(c3nc(C(=O)NCCN(C)C)c(C(=O)O)s3)C[C@H]2OC)nc1Cl. The number of amides is 2. The van der Waals surface area contributed by atoms with Gasteiger partial charge in [-0.2, -0.15) is 0 Å². The maximum Gasteiger partial charge on any atom is 0.348 e. The van der Waals surface area contributed by atoms with Crippen molar-refractivity contribution in [2.75, 3.05) is 52.3 Å². The number of piperidine rings is 1. The number of halogens is 1. The molecule has 1 aliphatic heterocycles. The van der Waals surface area contributed by atoms with Crippen molar-refractivity contribution in [3.05, 3.63) is 27.2 Å². The number of carbonyl (C=O) groups excluding carboxylic acids is 2. The van der Waals surface area contributed by atoms with E-state index in [9.17, 15) is 19.5 Å². The van der Waals surface area contributed by atoms with E-state index in [1.165, 1.54) is 0 Å². The Morgan fingerprint density at radius 3 is 2.66 bits per heavy atom. The first-order valence-corrected chi connectivity index (χ1v) is 12.3. The van der Waals surface area contributed by atoms with Crippen LogP contribution in [0, 0.1) is 0 Å². The molecule has 0 aliphatic carbocycles. The summed E-state index contributed by atoms with van der Waals surface area (Å²) < 4.78 is 5.61. The summed E-state index contributed by atoms with van der Waals surface area (Å²) >= 11 is 6.99. The summed E-state index contributed by atoms with van der Waals surface area (Å²) in [5.41, 5.74) is 0.580. The van der Waals surface area contributed by atoms with Crippen LogP contribution in [-0.4, -0.2) is 102 Å². The van der Waals surface area contributed by atoms with E-state index < -0.39 is 18.0 Å². The summed E-state index contributed by atoms with van der Waals surface area (Å²) in [5, 5.41) is 15.9. The van der Waals surface area contributed by atoms with Crippen LogP contribution in [0.25, 0.3) is 0 Å². The Morgan fingerprint density at radius 1 is 1.31 bits per heavy atom. The number of carboxylic acids is 1. The molecule has 1 saturated heterocycles. The summed E-state index contributed by atoms with van der Waals surface area (Å²) in [7, 11) is 5.29. The minimum atomic E-state index is -1.21. The molecule has 0 aromatic carbocycles. The van der Waals surface area contributed by atoms with Gasteiger partial charge in [0.25, 0.3) is 11.8 Å². The van der Waals surface area contributed by atoms with E-state index >= 15 is 0 Å². The molecule has 1 aliphatic rings. The Bertz CT molecular complexity index is 1070. The maximum atomic E-state index is 12.7. The van der Waals surface area contributed by atoms with Gasteiger partial charge in [0, 0.05) is 33.3 Å². The number of imidazole rings is 1. The first-order valence-electron chi connectivity index (χ1n) is 11.1. The van der Waals surface area contributed by atoms with E-state index in [4.69, 9.17) is 16.3 Å². The van der Waals surface area contributed by atoms with Crippen LogP contribution in [0.3, 0.4) is 0 Å². The standard InChI is InChI=1S/C21H30ClN7O5S/c1-5-11-16(22)27-17(24-11)19(31)25-12-6-8-29(10-13(12)34-4)21-26-14(15(35-21)20(32)33)18(30)23-7-9-28(2)3/h12-13H,5-10H2,1-4H3,(H,23,30)(H,24,27)(H,25,31)(H,32,33)/t12-,13+/m0/s1. The van der Waals surface area contributed by atoms with Crippen LogP contribution < -0.4 is 15.5 Å². The molecule has 2 amide bonds. The predicted molar refractivity (Wildman–Crippen MR) is 132 cm³/mol. The average Bonchev–Trinajstić information content (AvgIpc) is 3.43. The van der Waals surface area contributed by atoms with Crippen molar-refractivity contribution in [2.45, 2.75) is 31.9 Å². The van der Waals surface area contributed by atoms with Crippen molar-refractivity contribution < 1.29 is 24.2 Å². The number of H-pyrrole nitrogens is 1. The highest BCUT2D eigenvalue weighted by Gasteiger charge is 2.34. The molecule has 4 N–H and O–H groups in total. The lowest BCUT2D eigenvalue weighted by atomic mass is 10.0. The number of hydrogen-bond donors (Lipinski definition) is 4. The van der Waals surface area contributed by atoms with Crippen LogP contribution >= 0.6 is 22.9 Å². The zero-order chi connectivity index (χ0) is 25.7. The number of likely N-dealkylation sites (N-methyl/N-ethyl adjacent to an activating group) is 1. The molecule has 12 nitrogen and oxygen atoms in total. The number of methoxy groups -OCH3 is 1. The van der Waals surface area contributed by atoms with Gasteiger partial charge in [-0.25, -0.2) is 14.8 Å². The number of carbonyl (C=O) groups is 3. The number of thiazole rings is 1. The van der Waals surface area contributed by atoms with Crippen LogP contribution in [0.5, 0.6) is 0 Å². The lowest BCUT2D eigenvalue weighted by Gasteiger charge is -2.37. The second-order valence-electron chi connectivity index (χ2n) is 8.34. The molecule has 2 aromatic rings. The van der Waals surface area contributed by atoms with E-state index in [0.29, 0.717) is 49.8 Å². The summed E-state index contributed by atoms with van der Waals surface area (Å²) in [6, 6.07) is -0.301. The van der Waals surface area contributed by atoms with Crippen molar-refractivity contribution in [1.82, 2.24) is 30.5 Å². The van der Waals surface area contributed by atoms with Crippen molar-refractivity contribution in [2.24, 2.45) is 0 Å². The lowest BCUT2D eigenvalue weighted by Crippen LogP contribution is -2.55. The number of aromatic nitrogens is 3. The van der Waals surface area contributed by atoms with Gasteiger partial charge >= 0.3 is 5.97 Å². The zero-order valence-corrected chi connectivity index (χ0v) is 21.6. The number of aromatic amines is 1. The molecule has 35 heavy (non-hydrogen) atoms. The molecule has 2 aromatic heterocycles. The highest BCUT2D eigenvalue weighted by Crippen LogP contribution is 2.29. The lowest BCUT2D eigenvalue weighted by molar-refractivity contribution is 0.0538. The monoisotopic (exact) mass is 527 g/mol. The third-order valence-corrected chi connectivity index (χ3v) is 7.03. The number of aromatic carboxylic acids is 1. The van der Waals surface area contributed by atoms with Crippen LogP contribution in [0.15, 0.2) is 0 Å². The van der Waals surface area contributed by atoms with E-state index in [1.807, 2.05) is 30.8 Å². The van der Waals surface area contributed by atoms with E-state index in [1.54, 1.807) is 7.11 Å². The van der Waals surface area contributed by atoms with Gasteiger partial charge in [0.15, 0.2) is 21.8 Å².